The molecule has 2 nitrogen and oxygen atoms in total. The summed E-state index contributed by atoms with van der Waals surface area (Å²) in [5, 5.41) is 1.24. The zero-order valence-corrected chi connectivity index (χ0v) is 10.8. The van der Waals surface area contributed by atoms with Crippen molar-refractivity contribution in [1.29, 1.82) is 0 Å². The van der Waals surface area contributed by atoms with E-state index in [9.17, 15) is 0 Å². The molecule has 2 aromatic carbocycles. The molecule has 0 N–H and O–H groups in total. The number of rotatable bonds is 0. The molecule has 3 heteroatoms. The first-order valence-electron chi connectivity index (χ1n) is 5.61. The van der Waals surface area contributed by atoms with E-state index in [1.165, 1.54) is 16.4 Å². The highest BCUT2D eigenvalue weighted by Gasteiger charge is 2.28. The van der Waals surface area contributed by atoms with Gasteiger partial charge in [-0.2, -0.15) is 0 Å². The highest BCUT2D eigenvalue weighted by molar-refractivity contribution is 7.69. The lowest BCUT2D eigenvalue weighted by Gasteiger charge is -2.30. The zero-order chi connectivity index (χ0) is 11.9. The van der Waals surface area contributed by atoms with Crippen molar-refractivity contribution in [3.63, 3.8) is 0 Å². The van der Waals surface area contributed by atoms with Crippen LogP contribution in [0, 0.1) is 0 Å². The van der Waals surface area contributed by atoms with Crippen LogP contribution < -0.4 is 9.83 Å². The van der Waals surface area contributed by atoms with Gasteiger partial charge in [-0.15, -0.1) is 0 Å². The maximum atomic E-state index is 6.14. The van der Waals surface area contributed by atoms with E-state index >= 15 is 0 Å². The van der Waals surface area contributed by atoms with Gasteiger partial charge < -0.3 is 4.52 Å². The van der Waals surface area contributed by atoms with Crippen LogP contribution in [0.15, 0.2) is 53.3 Å². The molecule has 0 saturated heterocycles. The Kier molecular flexibility index (Phi) is 2.34. The Balaban J connectivity index is 2.38. The van der Waals surface area contributed by atoms with Crippen molar-refractivity contribution in [3.8, 4) is 16.9 Å². The fraction of sp³-hybridized carbons (Fsp3) is 0.143. The maximum absolute atomic E-state index is 6.14. The van der Waals surface area contributed by atoms with Gasteiger partial charge in [0.2, 0.25) is 0 Å². The third kappa shape index (κ3) is 1.52. The molecule has 0 aromatic heterocycles. The topological polar surface area (TPSA) is 21.6 Å². The molecule has 0 spiro atoms. The molecule has 1 aliphatic heterocycles. The molecule has 0 bridgehead atoms. The molecule has 0 radical (unpaired) electrons. The van der Waals surface area contributed by atoms with Crippen LogP contribution in [0.4, 0.5) is 0 Å². The lowest BCUT2D eigenvalue weighted by Crippen LogP contribution is -2.16. The van der Waals surface area contributed by atoms with Gasteiger partial charge in [-0.1, -0.05) is 36.4 Å². The number of para-hydroxylation sites is 1. The first-order chi connectivity index (χ1) is 8.24. The van der Waals surface area contributed by atoms with Crippen molar-refractivity contribution in [2.45, 2.75) is 0 Å². The van der Waals surface area contributed by atoms with E-state index in [0.29, 0.717) is 0 Å². The summed E-state index contributed by atoms with van der Waals surface area (Å²) in [7, 11) is 0.00409. The first-order valence-corrected chi connectivity index (χ1v) is 7.72. The minimum atomic E-state index is -1.84. The number of hydrogen-bond acceptors (Lipinski definition) is 2. The molecule has 0 aliphatic carbocycles. The quantitative estimate of drug-likeness (QED) is 0.646. The Bertz CT molecular complexity index is 634. The summed E-state index contributed by atoms with van der Waals surface area (Å²) in [6.45, 7) is 2.11. The molecular weight excluding hydrogens is 229 g/mol. The second kappa shape index (κ2) is 3.75. The van der Waals surface area contributed by atoms with Crippen molar-refractivity contribution >= 4 is 12.6 Å². The molecule has 0 saturated carbocycles. The molecule has 17 heavy (non-hydrogen) atoms. The van der Waals surface area contributed by atoms with Gasteiger partial charge in [0.25, 0.3) is 0 Å². The van der Waals surface area contributed by atoms with Crippen molar-refractivity contribution in [1.82, 2.24) is 0 Å². The van der Waals surface area contributed by atoms with Crippen LogP contribution in [0.25, 0.3) is 11.1 Å². The fourth-order valence-corrected chi connectivity index (χ4v) is 4.16. The van der Waals surface area contributed by atoms with Crippen LogP contribution in [0.3, 0.4) is 0 Å². The van der Waals surface area contributed by atoms with Gasteiger partial charge in [0.15, 0.2) is 7.28 Å². The minimum Gasteiger partial charge on any atom is -0.456 e. The summed E-state index contributed by atoms with van der Waals surface area (Å²) in [6, 6.07) is 16.6. The largest absolute Gasteiger partial charge is 0.456 e. The van der Waals surface area contributed by atoms with Gasteiger partial charge in [-0.3, -0.25) is 4.74 Å². The van der Waals surface area contributed by atoms with Crippen molar-refractivity contribution in [2.75, 3.05) is 13.7 Å². The van der Waals surface area contributed by atoms with Crippen molar-refractivity contribution in [2.24, 2.45) is 4.74 Å². The van der Waals surface area contributed by atoms with Crippen molar-refractivity contribution in [3.05, 3.63) is 48.5 Å². The van der Waals surface area contributed by atoms with Crippen LogP contribution in [0.1, 0.15) is 0 Å². The number of nitrogens with zero attached hydrogens (tertiary/aromatic N) is 1. The average Bonchev–Trinajstić information content (AvgIpc) is 2.39. The van der Waals surface area contributed by atoms with Crippen LogP contribution in [0.2, 0.25) is 0 Å². The number of benzene rings is 2. The molecule has 0 amide bonds. The molecule has 1 atom stereocenters. The lowest BCUT2D eigenvalue weighted by molar-refractivity contribution is 0.615. The van der Waals surface area contributed by atoms with Gasteiger partial charge in [-0.05, 0) is 17.7 Å². The maximum Gasteiger partial charge on any atom is 0.160 e. The molecule has 1 aliphatic rings. The highest BCUT2D eigenvalue weighted by atomic mass is 31.2. The third-order valence-electron chi connectivity index (χ3n) is 3.19. The molecule has 1 heterocycles. The SMILES string of the molecule is CN=P1(C)Oc2ccccc2-c2ccccc21. The minimum absolute atomic E-state index is 0.952. The van der Waals surface area contributed by atoms with E-state index < -0.39 is 7.28 Å². The normalized spacial score (nSPS) is 21.1. The Hall–Kier alpha value is -1.53. The average molecular weight is 243 g/mol. The van der Waals surface area contributed by atoms with Crippen LogP contribution in [-0.2, 0) is 0 Å². The smallest absolute Gasteiger partial charge is 0.160 e. The van der Waals surface area contributed by atoms with Gasteiger partial charge in [0.1, 0.15) is 5.75 Å². The van der Waals surface area contributed by atoms with Gasteiger partial charge in [0.05, 0.1) is 0 Å². The second-order valence-corrected chi connectivity index (χ2v) is 7.01. The fourth-order valence-electron chi connectivity index (χ4n) is 2.22. The predicted octanol–water partition coefficient (Wildman–Crippen LogP) is 3.75. The highest BCUT2D eigenvalue weighted by Crippen LogP contribution is 2.53. The Morgan fingerprint density at radius 2 is 1.59 bits per heavy atom. The van der Waals surface area contributed by atoms with E-state index in [2.05, 4.69) is 41.7 Å². The summed E-state index contributed by atoms with van der Waals surface area (Å²) >= 11 is 0. The number of hydrogen-bond donors (Lipinski definition) is 0. The van der Waals surface area contributed by atoms with Gasteiger partial charge in [0, 0.05) is 24.6 Å². The monoisotopic (exact) mass is 243 g/mol. The molecule has 86 valence electrons. The van der Waals surface area contributed by atoms with Crippen LogP contribution >= 0.6 is 7.28 Å². The number of fused-ring (bicyclic) bond motifs is 3. The van der Waals surface area contributed by atoms with Gasteiger partial charge in [-0.25, -0.2) is 0 Å². The summed E-state index contributed by atoms with van der Waals surface area (Å²) < 4.78 is 10.6. The Morgan fingerprint density at radius 3 is 2.35 bits per heavy atom. The molecule has 3 rings (SSSR count). The summed E-state index contributed by atoms with van der Waals surface area (Å²) in [5.41, 5.74) is 2.43. The lowest BCUT2D eigenvalue weighted by atomic mass is 10.0. The van der Waals surface area contributed by atoms with E-state index in [-0.39, 0.29) is 0 Å². The standard InChI is InChI=1S/C14H14NOP/c1-15-17(2)14-10-6-4-8-12(14)11-7-3-5-9-13(11)16-17/h3-10H,1-2H3. The Labute approximate surface area is 101 Å². The summed E-state index contributed by atoms with van der Waals surface area (Å²) in [6.07, 6.45) is 0. The van der Waals surface area contributed by atoms with E-state index in [0.717, 1.165) is 5.75 Å². The molecular formula is C14H14NOP. The van der Waals surface area contributed by atoms with E-state index in [1.807, 2.05) is 25.2 Å². The summed E-state index contributed by atoms with van der Waals surface area (Å²) in [4.78, 5) is 0. The third-order valence-corrected chi connectivity index (χ3v) is 5.79. The molecule has 2 aromatic rings. The van der Waals surface area contributed by atoms with Crippen LogP contribution in [-0.4, -0.2) is 13.7 Å². The molecule has 0 fully saturated rings. The Morgan fingerprint density at radius 1 is 0.941 bits per heavy atom. The van der Waals surface area contributed by atoms with E-state index in [4.69, 9.17) is 4.52 Å². The molecule has 1 unspecified atom stereocenters. The predicted molar refractivity (Wildman–Crippen MR) is 73.3 cm³/mol. The summed E-state index contributed by atoms with van der Waals surface area (Å²) in [5.74, 6) is 0.952. The second-order valence-electron chi connectivity index (χ2n) is 4.18. The van der Waals surface area contributed by atoms with Gasteiger partial charge >= 0.3 is 0 Å². The first kappa shape index (κ1) is 10.6. The van der Waals surface area contributed by atoms with Crippen molar-refractivity contribution < 1.29 is 4.52 Å². The van der Waals surface area contributed by atoms with E-state index in [1.54, 1.807) is 0 Å². The zero-order valence-electron chi connectivity index (χ0n) is 9.92. The van der Waals surface area contributed by atoms with Crippen LogP contribution in [0.5, 0.6) is 5.75 Å².